The van der Waals surface area contributed by atoms with Crippen LogP contribution in [0, 0.1) is 6.92 Å². The third kappa shape index (κ3) is 5.16. The molecule has 0 bridgehead atoms. The highest BCUT2D eigenvalue weighted by Crippen LogP contribution is 2.20. The normalized spacial score (nSPS) is 11.6. The molecule has 0 saturated heterocycles. The van der Waals surface area contributed by atoms with Crippen LogP contribution in [0.3, 0.4) is 0 Å². The Labute approximate surface area is 156 Å². The Kier molecular flexibility index (Phi) is 6.56. The van der Waals surface area contributed by atoms with Crippen LogP contribution in [-0.4, -0.2) is 27.4 Å². The van der Waals surface area contributed by atoms with Crippen LogP contribution in [0.4, 0.5) is 5.69 Å². The van der Waals surface area contributed by atoms with E-state index in [2.05, 4.69) is 18.6 Å². The van der Waals surface area contributed by atoms with Crippen molar-refractivity contribution < 1.29 is 13.2 Å². The first-order valence-corrected chi connectivity index (χ1v) is 10.1. The van der Waals surface area contributed by atoms with Crippen molar-refractivity contribution in [2.45, 2.75) is 38.5 Å². The Balaban J connectivity index is 2.04. The van der Waals surface area contributed by atoms with Crippen LogP contribution in [-0.2, 0) is 14.8 Å². The van der Waals surface area contributed by atoms with Crippen molar-refractivity contribution in [1.82, 2.24) is 4.72 Å². The molecule has 0 spiro atoms. The number of carbonyl (C=O) groups excluding carboxylic acids is 1. The Morgan fingerprint density at radius 1 is 1.04 bits per heavy atom. The molecule has 0 aliphatic rings. The summed E-state index contributed by atoms with van der Waals surface area (Å²) in [4.78, 5) is 13.8. The van der Waals surface area contributed by atoms with Crippen molar-refractivity contribution in [2.24, 2.45) is 0 Å². The molecule has 0 radical (unpaired) electrons. The second kappa shape index (κ2) is 8.47. The van der Waals surface area contributed by atoms with Gasteiger partial charge in [0.25, 0.3) is 0 Å². The van der Waals surface area contributed by atoms with Gasteiger partial charge in [0.1, 0.15) is 0 Å². The van der Waals surface area contributed by atoms with Gasteiger partial charge in [-0.3, -0.25) is 4.79 Å². The summed E-state index contributed by atoms with van der Waals surface area (Å²) in [6.45, 7) is 8.00. The van der Waals surface area contributed by atoms with Gasteiger partial charge in [-0.2, -0.15) is 0 Å². The highest BCUT2D eigenvalue weighted by Gasteiger charge is 2.16. The molecule has 2 rings (SSSR count). The van der Waals surface area contributed by atoms with Gasteiger partial charge in [-0.1, -0.05) is 43.7 Å². The van der Waals surface area contributed by atoms with Crippen LogP contribution in [0.15, 0.2) is 53.4 Å². The van der Waals surface area contributed by atoms with E-state index in [4.69, 9.17) is 0 Å². The van der Waals surface area contributed by atoms with E-state index in [1.807, 2.05) is 31.2 Å². The topological polar surface area (TPSA) is 66.5 Å². The molecule has 2 aromatic rings. The van der Waals surface area contributed by atoms with Crippen molar-refractivity contribution in [1.29, 1.82) is 0 Å². The van der Waals surface area contributed by atoms with Gasteiger partial charge in [-0.05, 0) is 42.7 Å². The molecule has 0 aromatic heterocycles. The average molecular weight is 375 g/mol. The molecule has 0 saturated carbocycles. The fourth-order valence-electron chi connectivity index (χ4n) is 2.60. The average Bonchev–Trinajstić information content (AvgIpc) is 2.59. The summed E-state index contributed by atoms with van der Waals surface area (Å²) in [7, 11) is -3.59. The molecule has 0 aliphatic carbocycles. The highest BCUT2D eigenvalue weighted by molar-refractivity contribution is 7.89. The van der Waals surface area contributed by atoms with Crippen LogP contribution in [0.5, 0.6) is 0 Å². The van der Waals surface area contributed by atoms with E-state index in [-0.39, 0.29) is 23.9 Å². The summed E-state index contributed by atoms with van der Waals surface area (Å²) < 4.78 is 27.2. The minimum Gasteiger partial charge on any atom is -0.311 e. The van der Waals surface area contributed by atoms with Crippen molar-refractivity contribution in [3.05, 3.63) is 59.7 Å². The summed E-state index contributed by atoms with van der Waals surface area (Å²) in [6, 6.07) is 14.4. The zero-order chi connectivity index (χ0) is 19.3. The van der Waals surface area contributed by atoms with Gasteiger partial charge in [0, 0.05) is 25.7 Å². The molecular weight excluding hydrogens is 348 g/mol. The zero-order valence-corrected chi connectivity index (χ0v) is 16.5. The third-order valence-corrected chi connectivity index (χ3v) is 5.69. The number of hydrogen-bond acceptors (Lipinski definition) is 3. The lowest BCUT2D eigenvalue weighted by Crippen LogP contribution is -2.37. The molecule has 1 amide bonds. The quantitative estimate of drug-likeness (QED) is 0.807. The van der Waals surface area contributed by atoms with Crippen LogP contribution >= 0.6 is 0 Å². The Morgan fingerprint density at radius 3 is 2.12 bits per heavy atom. The summed E-state index contributed by atoms with van der Waals surface area (Å²) in [5.41, 5.74) is 2.95. The summed E-state index contributed by atoms with van der Waals surface area (Å²) in [5, 5.41) is 0. The fraction of sp³-hybridized carbons (Fsp3) is 0.350. The van der Waals surface area contributed by atoms with Crippen LogP contribution in [0.25, 0.3) is 0 Å². The summed E-state index contributed by atoms with van der Waals surface area (Å²) in [6.07, 6.45) is 0. The standard InChI is InChI=1S/C20H26N2O3S/c1-15(2)18-7-9-19(10-8-18)22(17(4)23)14-13-21-26(24,25)20-11-5-16(3)6-12-20/h5-12,15,21H,13-14H2,1-4H3. The van der Waals surface area contributed by atoms with Gasteiger partial charge >= 0.3 is 0 Å². The molecule has 0 heterocycles. The van der Waals surface area contributed by atoms with Crippen molar-refractivity contribution >= 4 is 21.6 Å². The SMILES string of the molecule is CC(=O)N(CCNS(=O)(=O)c1ccc(C)cc1)c1ccc(C(C)C)cc1. The smallest absolute Gasteiger partial charge is 0.240 e. The molecule has 0 atom stereocenters. The Hall–Kier alpha value is -2.18. The van der Waals surface area contributed by atoms with Crippen LogP contribution < -0.4 is 9.62 Å². The molecule has 6 heteroatoms. The van der Waals surface area contributed by atoms with Gasteiger partial charge in [0.05, 0.1) is 4.90 Å². The van der Waals surface area contributed by atoms with E-state index in [0.29, 0.717) is 5.92 Å². The maximum absolute atomic E-state index is 12.3. The number of nitrogens with zero attached hydrogens (tertiary/aromatic N) is 1. The second-order valence-electron chi connectivity index (χ2n) is 6.63. The number of benzene rings is 2. The molecule has 1 N–H and O–H groups in total. The van der Waals surface area contributed by atoms with Gasteiger partial charge in [-0.15, -0.1) is 0 Å². The van der Waals surface area contributed by atoms with E-state index in [1.54, 1.807) is 29.2 Å². The second-order valence-corrected chi connectivity index (χ2v) is 8.39. The van der Waals surface area contributed by atoms with Gasteiger partial charge < -0.3 is 4.90 Å². The zero-order valence-electron chi connectivity index (χ0n) is 15.7. The number of sulfonamides is 1. The van der Waals surface area contributed by atoms with E-state index < -0.39 is 10.0 Å². The van der Waals surface area contributed by atoms with Crippen molar-refractivity contribution in [3.8, 4) is 0 Å². The number of nitrogens with one attached hydrogen (secondary N) is 1. The first-order chi connectivity index (χ1) is 12.2. The molecule has 0 unspecified atom stereocenters. The maximum atomic E-state index is 12.3. The molecule has 5 nitrogen and oxygen atoms in total. The maximum Gasteiger partial charge on any atom is 0.240 e. The Bertz CT molecular complexity index is 842. The van der Waals surface area contributed by atoms with E-state index >= 15 is 0 Å². The van der Waals surface area contributed by atoms with Crippen LogP contribution in [0.1, 0.15) is 37.8 Å². The lowest BCUT2D eigenvalue weighted by molar-refractivity contribution is -0.116. The van der Waals surface area contributed by atoms with Gasteiger partial charge in [0.15, 0.2) is 0 Å². The largest absolute Gasteiger partial charge is 0.311 e. The predicted octanol–water partition coefficient (Wildman–Crippen LogP) is 3.45. The molecule has 2 aromatic carbocycles. The fourth-order valence-corrected chi connectivity index (χ4v) is 3.62. The molecule has 0 fully saturated rings. The minimum atomic E-state index is -3.59. The number of anilines is 1. The predicted molar refractivity (Wildman–Crippen MR) is 105 cm³/mol. The van der Waals surface area contributed by atoms with E-state index in [1.165, 1.54) is 12.5 Å². The lowest BCUT2D eigenvalue weighted by atomic mass is 10.0. The molecular formula is C20H26N2O3S. The van der Waals surface area contributed by atoms with E-state index in [0.717, 1.165) is 11.3 Å². The first kappa shape index (κ1) is 20.1. The highest BCUT2D eigenvalue weighted by atomic mass is 32.2. The lowest BCUT2D eigenvalue weighted by Gasteiger charge is -2.22. The molecule has 0 aliphatic heterocycles. The van der Waals surface area contributed by atoms with Crippen molar-refractivity contribution in [2.75, 3.05) is 18.0 Å². The minimum absolute atomic E-state index is 0.128. The number of aryl methyl sites for hydroxylation is 1. The van der Waals surface area contributed by atoms with Crippen LogP contribution in [0.2, 0.25) is 0 Å². The number of amides is 1. The third-order valence-electron chi connectivity index (χ3n) is 4.21. The number of rotatable bonds is 7. The first-order valence-electron chi connectivity index (χ1n) is 8.65. The summed E-state index contributed by atoms with van der Waals surface area (Å²) in [5.74, 6) is 0.285. The summed E-state index contributed by atoms with van der Waals surface area (Å²) >= 11 is 0. The molecule has 140 valence electrons. The van der Waals surface area contributed by atoms with E-state index in [9.17, 15) is 13.2 Å². The van der Waals surface area contributed by atoms with Crippen molar-refractivity contribution in [3.63, 3.8) is 0 Å². The molecule has 26 heavy (non-hydrogen) atoms. The number of carbonyl (C=O) groups is 1. The van der Waals surface area contributed by atoms with Gasteiger partial charge in [-0.25, -0.2) is 13.1 Å². The number of hydrogen-bond donors (Lipinski definition) is 1. The Morgan fingerprint density at radius 2 is 1.62 bits per heavy atom. The van der Waals surface area contributed by atoms with Gasteiger partial charge in [0.2, 0.25) is 15.9 Å². The monoisotopic (exact) mass is 374 g/mol.